The number of carbonyl (C=O) groups is 1. The van der Waals surface area contributed by atoms with Crippen LogP contribution >= 0.6 is 23.4 Å². The number of aliphatic imine (C=N–C) groups is 1. The number of hydrogen-bond acceptors (Lipinski definition) is 4. The first-order valence-electron chi connectivity index (χ1n) is 9.69. The minimum atomic E-state index is -0.415. The van der Waals surface area contributed by atoms with Crippen molar-refractivity contribution in [2.45, 2.75) is 34.1 Å². The smallest absolute Gasteiger partial charge is 0.283 e. The molecular formula is C22H22ClN5OS. The topological polar surface area (TPSA) is 73.8 Å². The van der Waals surface area contributed by atoms with Gasteiger partial charge in [0.05, 0.1) is 16.3 Å². The van der Waals surface area contributed by atoms with Crippen molar-refractivity contribution in [3.05, 3.63) is 57.9 Å². The number of nitrogens with zero attached hydrogens (tertiary/aromatic N) is 4. The van der Waals surface area contributed by atoms with E-state index in [0.717, 1.165) is 34.1 Å². The molecule has 0 atom stereocenters. The molecule has 3 heterocycles. The molecule has 0 fully saturated rings. The highest BCUT2D eigenvalue weighted by Gasteiger charge is 2.35. The second-order valence-electron chi connectivity index (χ2n) is 7.73. The van der Waals surface area contributed by atoms with Crippen LogP contribution in [0.1, 0.15) is 37.2 Å². The average molecular weight is 440 g/mol. The number of rotatable bonds is 4. The number of halogens is 1. The molecule has 2 aliphatic heterocycles. The number of amidine groups is 2. The predicted octanol–water partition coefficient (Wildman–Crippen LogP) is 5.41. The zero-order valence-electron chi connectivity index (χ0n) is 17.2. The second-order valence-corrected chi connectivity index (χ2v) is 9.17. The van der Waals surface area contributed by atoms with Crippen LogP contribution < -0.4 is 0 Å². The maximum absolute atomic E-state index is 12.7. The van der Waals surface area contributed by atoms with E-state index in [1.807, 2.05) is 48.7 Å². The Labute approximate surface area is 184 Å². The molecule has 0 saturated carbocycles. The van der Waals surface area contributed by atoms with Gasteiger partial charge in [-0.25, -0.2) is 0 Å². The van der Waals surface area contributed by atoms with Crippen LogP contribution in [0.2, 0.25) is 5.02 Å². The summed E-state index contributed by atoms with van der Waals surface area (Å²) in [5, 5.41) is 16.5. The van der Waals surface area contributed by atoms with Gasteiger partial charge in [-0.2, -0.15) is 15.1 Å². The maximum atomic E-state index is 12.7. The summed E-state index contributed by atoms with van der Waals surface area (Å²) in [6, 6.07) is 9.62. The molecule has 0 radical (unpaired) electrons. The van der Waals surface area contributed by atoms with Gasteiger partial charge in [-0.15, -0.1) is 0 Å². The molecule has 30 heavy (non-hydrogen) atoms. The first-order valence-corrected chi connectivity index (χ1v) is 10.9. The number of aromatic nitrogens is 1. The minimum Gasteiger partial charge on any atom is -0.316 e. The zero-order chi connectivity index (χ0) is 21.6. The van der Waals surface area contributed by atoms with Gasteiger partial charge in [-0.1, -0.05) is 37.6 Å². The third kappa shape index (κ3) is 3.63. The van der Waals surface area contributed by atoms with E-state index in [1.54, 1.807) is 6.08 Å². The highest BCUT2D eigenvalue weighted by Crippen LogP contribution is 2.32. The lowest BCUT2D eigenvalue weighted by atomic mass is 10.1. The molecular weight excluding hydrogens is 418 g/mol. The summed E-state index contributed by atoms with van der Waals surface area (Å²) in [6.45, 7) is 8.18. The largest absolute Gasteiger partial charge is 0.316 e. The first kappa shape index (κ1) is 20.6. The van der Waals surface area contributed by atoms with Gasteiger partial charge in [0.1, 0.15) is 5.04 Å². The predicted molar refractivity (Wildman–Crippen MR) is 125 cm³/mol. The van der Waals surface area contributed by atoms with E-state index in [-0.39, 0.29) is 11.4 Å². The molecule has 1 aromatic carbocycles. The summed E-state index contributed by atoms with van der Waals surface area (Å²) in [6.07, 6.45) is 2.51. The summed E-state index contributed by atoms with van der Waals surface area (Å²) in [4.78, 5) is 16.9. The molecule has 0 unspecified atom stereocenters. The van der Waals surface area contributed by atoms with Gasteiger partial charge < -0.3 is 4.57 Å². The number of benzene rings is 1. The molecule has 1 amide bonds. The molecule has 1 N–H and O–H groups in total. The number of para-hydroxylation sites is 1. The molecule has 1 aromatic heterocycles. The first-order chi connectivity index (χ1) is 14.3. The zero-order valence-corrected chi connectivity index (χ0v) is 18.8. The SMILES string of the molecule is Cc1cc(/C=C2/C(=N)N3N=C(CC(C)C)SC3=NC2=O)c(C)n1-c1ccccc1Cl. The van der Waals surface area contributed by atoms with Crippen LogP contribution in [0.25, 0.3) is 11.8 Å². The van der Waals surface area contributed by atoms with Gasteiger partial charge in [-0.3, -0.25) is 10.2 Å². The van der Waals surface area contributed by atoms with E-state index >= 15 is 0 Å². The Morgan fingerprint density at radius 2 is 2.00 bits per heavy atom. The molecule has 154 valence electrons. The van der Waals surface area contributed by atoms with Crippen LogP contribution in [0.3, 0.4) is 0 Å². The fourth-order valence-electron chi connectivity index (χ4n) is 3.56. The van der Waals surface area contributed by atoms with Crippen LogP contribution in [-0.4, -0.2) is 31.5 Å². The minimum absolute atomic E-state index is 0.0544. The van der Waals surface area contributed by atoms with Crippen molar-refractivity contribution in [1.82, 2.24) is 9.58 Å². The third-order valence-corrected chi connectivity index (χ3v) is 6.19. The molecule has 0 saturated heterocycles. The normalized spacial score (nSPS) is 17.7. The molecule has 0 spiro atoms. The van der Waals surface area contributed by atoms with Crippen molar-refractivity contribution in [3.63, 3.8) is 0 Å². The van der Waals surface area contributed by atoms with Crippen molar-refractivity contribution >= 4 is 51.4 Å². The van der Waals surface area contributed by atoms with Crippen molar-refractivity contribution in [1.29, 1.82) is 5.41 Å². The van der Waals surface area contributed by atoms with E-state index in [9.17, 15) is 4.79 Å². The standard InChI is InChI=1S/C22H22ClN5OS/c1-12(2)9-19-26-28-20(24)16(21(29)25-22(28)30-19)11-15-10-13(3)27(14(15)4)18-8-6-5-7-17(18)23/h5-8,10-12,24H,9H2,1-4H3/b16-11-,24-20?. The number of carbonyl (C=O) groups excluding carboxylic acids is 1. The quantitative estimate of drug-likeness (QED) is 0.647. The second kappa shape index (κ2) is 7.89. The Morgan fingerprint density at radius 3 is 2.70 bits per heavy atom. The molecule has 2 aromatic rings. The van der Waals surface area contributed by atoms with Crippen molar-refractivity contribution < 1.29 is 4.79 Å². The Hall–Kier alpha value is -2.64. The summed E-state index contributed by atoms with van der Waals surface area (Å²) < 4.78 is 2.05. The number of thioether (sulfide) groups is 1. The summed E-state index contributed by atoms with van der Waals surface area (Å²) in [5.41, 5.74) is 3.87. The van der Waals surface area contributed by atoms with E-state index in [4.69, 9.17) is 17.0 Å². The molecule has 0 aliphatic carbocycles. The van der Waals surface area contributed by atoms with E-state index in [1.165, 1.54) is 16.8 Å². The number of aryl methyl sites for hydroxylation is 1. The van der Waals surface area contributed by atoms with Gasteiger partial charge >= 0.3 is 0 Å². The van der Waals surface area contributed by atoms with Crippen LogP contribution in [0, 0.1) is 25.2 Å². The Balaban J connectivity index is 1.72. The van der Waals surface area contributed by atoms with Crippen LogP contribution in [0.15, 0.2) is 46.0 Å². The number of fused-ring (bicyclic) bond motifs is 1. The molecule has 2 aliphatic rings. The summed E-state index contributed by atoms with van der Waals surface area (Å²) >= 11 is 7.76. The molecule has 4 rings (SSSR count). The summed E-state index contributed by atoms with van der Waals surface area (Å²) in [7, 11) is 0. The number of hydrogen-bond donors (Lipinski definition) is 1. The highest BCUT2D eigenvalue weighted by atomic mass is 35.5. The Kier molecular flexibility index (Phi) is 5.42. The fourth-order valence-corrected chi connectivity index (χ4v) is 4.87. The Morgan fingerprint density at radius 1 is 1.27 bits per heavy atom. The molecule has 0 bridgehead atoms. The monoisotopic (exact) mass is 439 g/mol. The molecule has 6 nitrogen and oxygen atoms in total. The van der Waals surface area contributed by atoms with Crippen molar-refractivity contribution in [3.8, 4) is 5.69 Å². The lowest BCUT2D eigenvalue weighted by molar-refractivity contribution is -0.114. The fraction of sp³-hybridized carbons (Fsp3) is 0.273. The van der Waals surface area contributed by atoms with E-state index in [2.05, 4.69) is 23.9 Å². The average Bonchev–Trinajstić information content (AvgIpc) is 3.19. The van der Waals surface area contributed by atoms with Crippen molar-refractivity contribution in [2.75, 3.05) is 0 Å². The highest BCUT2D eigenvalue weighted by molar-refractivity contribution is 8.26. The Bertz CT molecular complexity index is 1160. The van der Waals surface area contributed by atoms with Crippen LogP contribution in [-0.2, 0) is 4.79 Å². The number of amides is 1. The maximum Gasteiger partial charge on any atom is 0.283 e. The van der Waals surface area contributed by atoms with Crippen molar-refractivity contribution in [2.24, 2.45) is 16.0 Å². The van der Waals surface area contributed by atoms with Gasteiger partial charge in [-0.05, 0) is 61.4 Å². The van der Waals surface area contributed by atoms with E-state index in [0.29, 0.717) is 16.1 Å². The van der Waals surface area contributed by atoms with Crippen LogP contribution in [0.5, 0.6) is 0 Å². The van der Waals surface area contributed by atoms with Gasteiger partial charge in [0.2, 0.25) is 5.17 Å². The number of nitrogens with one attached hydrogen (secondary N) is 1. The lowest BCUT2D eigenvalue weighted by Crippen LogP contribution is -2.35. The number of hydrazone groups is 1. The van der Waals surface area contributed by atoms with Gasteiger partial charge in [0.15, 0.2) is 5.84 Å². The molecule has 8 heteroatoms. The van der Waals surface area contributed by atoms with E-state index < -0.39 is 5.91 Å². The van der Waals surface area contributed by atoms with Crippen LogP contribution in [0.4, 0.5) is 0 Å². The summed E-state index contributed by atoms with van der Waals surface area (Å²) in [5.74, 6) is 0.0781. The van der Waals surface area contributed by atoms with Gasteiger partial charge in [0.25, 0.3) is 5.91 Å². The van der Waals surface area contributed by atoms with Gasteiger partial charge in [0, 0.05) is 17.8 Å². The lowest BCUT2D eigenvalue weighted by Gasteiger charge is -2.20. The third-order valence-electron chi connectivity index (χ3n) is 4.94.